The van der Waals surface area contributed by atoms with Gasteiger partial charge in [0.25, 0.3) is 0 Å². The van der Waals surface area contributed by atoms with Crippen molar-refractivity contribution >= 4 is 15.9 Å². The van der Waals surface area contributed by atoms with Crippen LogP contribution < -0.4 is 0 Å². The van der Waals surface area contributed by atoms with E-state index in [2.05, 4.69) is 4.98 Å². The number of nitrogens with zero attached hydrogens (tertiary/aromatic N) is 3. The molecule has 0 unspecified atom stereocenters. The van der Waals surface area contributed by atoms with Crippen LogP contribution in [-0.2, 0) is 14.8 Å². The molecule has 3 aromatic rings. The van der Waals surface area contributed by atoms with Gasteiger partial charge in [0, 0.05) is 32.3 Å². The number of piperidine rings is 1. The van der Waals surface area contributed by atoms with E-state index in [1.54, 1.807) is 17.2 Å². The van der Waals surface area contributed by atoms with Gasteiger partial charge in [-0.1, -0.05) is 54.1 Å². The number of aryl methyl sites for hydroxylation is 2. The van der Waals surface area contributed by atoms with Gasteiger partial charge in [-0.15, -0.1) is 0 Å². The van der Waals surface area contributed by atoms with Crippen molar-refractivity contribution in [3.63, 3.8) is 0 Å². The molecule has 6 nitrogen and oxygen atoms in total. The van der Waals surface area contributed by atoms with Gasteiger partial charge in [0.2, 0.25) is 15.9 Å². The average Bonchev–Trinajstić information content (AvgIpc) is 2.85. The van der Waals surface area contributed by atoms with Crippen LogP contribution in [0.3, 0.4) is 0 Å². The van der Waals surface area contributed by atoms with E-state index < -0.39 is 10.0 Å². The van der Waals surface area contributed by atoms with Crippen molar-refractivity contribution in [2.45, 2.75) is 37.6 Å². The lowest BCUT2D eigenvalue weighted by atomic mass is 9.94. The molecular formula is C27H31N3O3S. The Morgan fingerprint density at radius 3 is 2.29 bits per heavy atom. The lowest BCUT2D eigenvalue weighted by molar-refractivity contribution is -0.137. The summed E-state index contributed by atoms with van der Waals surface area (Å²) in [6, 6.07) is 20.7. The highest BCUT2D eigenvalue weighted by molar-refractivity contribution is 7.89. The van der Waals surface area contributed by atoms with Crippen LogP contribution >= 0.6 is 0 Å². The van der Waals surface area contributed by atoms with E-state index in [4.69, 9.17) is 0 Å². The standard InChI is InChI=1S/C27H31N3O3S/c1-20-12-13-25(21(2)19-20)34(32,33)30-17-14-23(15-18-30)27(31)29(3)26(22-9-5-4-6-10-22)24-11-7-8-16-28-24/h4-13,16,19,23,26H,14-15,17-18H2,1-3H3/t26-/m1/s1. The fourth-order valence-corrected chi connectivity index (χ4v) is 6.43. The Labute approximate surface area is 202 Å². The zero-order valence-electron chi connectivity index (χ0n) is 19.9. The summed E-state index contributed by atoms with van der Waals surface area (Å²) in [6.07, 6.45) is 2.73. The Bertz CT molecular complexity index is 1200. The van der Waals surface area contributed by atoms with Gasteiger partial charge in [-0.05, 0) is 56.0 Å². The van der Waals surface area contributed by atoms with Gasteiger partial charge in [0.05, 0.1) is 16.6 Å². The van der Waals surface area contributed by atoms with Crippen LogP contribution in [0.15, 0.2) is 77.8 Å². The predicted molar refractivity (Wildman–Crippen MR) is 133 cm³/mol. The quantitative estimate of drug-likeness (QED) is 0.529. The molecule has 0 N–H and O–H groups in total. The van der Waals surface area contributed by atoms with Crippen LogP contribution in [0.2, 0.25) is 0 Å². The van der Waals surface area contributed by atoms with Crippen molar-refractivity contribution in [2.75, 3.05) is 20.1 Å². The van der Waals surface area contributed by atoms with E-state index in [0.717, 1.165) is 22.4 Å². The van der Waals surface area contributed by atoms with Crippen LogP contribution in [0.1, 0.15) is 41.3 Å². The number of rotatable bonds is 6. The number of pyridine rings is 1. The van der Waals surface area contributed by atoms with Crippen molar-refractivity contribution < 1.29 is 13.2 Å². The first-order valence-corrected chi connectivity index (χ1v) is 13.0. The molecule has 1 amide bonds. The molecule has 1 atom stereocenters. The van der Waals surface area contributed by atoms with Crippen LogP contribution in [-0.4, -0.2) is 48.7 Å². The van der Waals surface area contributed by atoms with Crippen molar-refractivity contribution in [2.24, 2.45) is 5.92 Å². The fourth-order valence-electron chi connectivity index (χ4n) is 4.75. The van der Waals surface area contributed by atoms with Gasteiger partial charge in [0.1, 0.15) is 0 Å². The zero-order valence-corrected chi connectivity index (χ0v) is 20.7. The molecule has 1 aromatic heterocycles. The van der Waals surface area contributed by atoms with E-state index in [1.807, 2.05) is 81.6 Å². The minimum absolute atomic E-state index is 0.0167. The maximum Gasteiger partial charge on any atom is 0.243 e. The van der Waals surface area contributed by atoms with E-state index in [0.29, 0.717) is 30.8 Å². The van der Waals surface area contributed by atoms with Crippen molar-refractivity contribution in [1.29, 1.82) is 0 Å². The third kappa shape index (κ3) is 4.91. The Hall–Kier alpha value is -3.03. The highest BCUT2D eigenvalue weighted by Crippen LogP contribution is 2.31. The van der Waals surface area contributed by atoms with Crippen molar-refractivity contribution in [3.8, 4) is 0 Å². The molecule has 0 bridgehead atoms. The molecule has 0 aliphatic carbocycles. The summed E-state index contributed by atoms with van der Waals surface area (Å²) in [5.41, 5.74) is 3.58. The minimum atomic E-state index is -3.58. The van der Waals surface area contributed by atoms with Crippen LogP contribution in [0.25, 0.3) is 0 Å². The van der Waals surface area contributed by atoms with E-state index in [9.17, 15) is 13.2 Å². The summed E-state index contributed by atoms with van der Waals surface area (Å²) in [5, 5.41) is 0. The van der Waals surface area contributed by atoms with E-state index >= 15 is 0 Å². The lowest BCUT2D eigenvalue weighted by Crippen LogP contribution is -2.44. The SMILES string of the molecule is Cc1ccc(S(=O)(=O)N2CCC(C(=O)N(C)[C@H](c3ccccc3)c3ccccn3)CC2)c(C)c1. The number of amides is 1. The van der Waals surface area contributed by atoms with Crippen LogP contribution in [0.4, 0.5) is 0 Å². The largest absolute Gasteiger partial charge is 0.333 e. The summed E-state index contributed by atoms with van der Waals surface area (Å²) in [6.45, 7) is 4.44. The second-order valence-corrected chi connectivity index (χ2v) is 10.9. The molecule has 2 heterocycles. The third-order valence-corrected chi connectivity index (χ3v) is 8.63. The molecule has 1 aliphatic heterocycles. The van der Waals surface area contributed by atoms with Gasteiger partial charge >= 0.3 is 0 Å². The van der Waals surface area contributed by atoms with Gasteiger partial charge in [-0.2, -0.15) is 4.31 Å². The Morgan fingerprint density at radius 1 is 1.00 bits per heavy atom. The second-order valence-electron chi connectivity index (χ2n) is 8.96. The molecule has 178 valence electrons. The number of benzene rings is 2. The molecule has 34 heavy (non-hydrogen) atoms. The maximum atomic E-state index is 13.5. The lowest BCUT2D eigenvalue weighted by Gasteiger charge is -2.35. The van der Waals surface area contributed by atoms with E-state index in [-0.39, 0.29) is 17.9 Å². The van der Waals surface area contributed by atoms with E-state index in [1.165, 1.54) is 4.31 Å². The Morgan fingerprint density at radius 2 is 1.68 bits per heavy atom. The Kier molecular flexibility index (Phi) is 7.14. The van der Waals surface area contributed by atoms with Gasteiger partial charge in [-0.3, -0.25) is 9.78 Å². The fraction of sp³-hybridized carbons (Fsp3) is 0.333. The molecule has 0 saturated carbocycles. The molecule has 0 spiro atoms. The molecular weight excluding hydrogens is 446 g/mol. The summed E-state index contributed by atoms with van der Waals surface area (Å²) in [4.78, 5) is 20.2. The zero-order chi connectivity index (χ0) is 24.3. The smallest absolute Gasteiger partial charge is 0.243 e. The average molecular weight is 478 g/mol. The molecule has 1 fully saturated rings. The number of carbonyl (C=O) groups is 1. The normalized spacial score (nSPS) is 16.2. The topological polar surface area (TPSA) is 70.6 Å². The van der Waals surface area contributed by atoms with Gasteiger partial charge in [0.15, 0.2) is 0 Å². The van der Waals surface area contributed by atoms with Crippen LogP contribution in [0, 0.1) is 19.8 Å². The van der Waals surface area contributed by atoms with Gasteiger partial charge < -0.3 is 4.90 Å². The van der Waals surface area contributed by atoms with Gasteiger partial charge in [-0.25, -0.2) is 8.42 Å². The van der Waals surface area contributed by atoms with Crippen LogP contribution in [0.5, 0.6) is 0 Å². The molecule has 1 saturated heterocycles. The molecule has 2 aromatic carbocycles. The summed E-state index contributed by atoms with van der Waals surface area (Å²) in [5.74, 6) is -0.214. The minimum Gasteiger partial charge on any atom is -0.333 e. The third-order valence-electron chi connectivity index (χ3n) is 6.57. The maximum absolute atomic E-state index is 13.5. The summed E-state index contributed by atoms with van der Waals surface area (Å²) < 4.78 is 28.0. The highest BCUT2D eigenvalue weighted by Gasteiger charge is 2.35. The first-order chi connectivity index (χ1) is 16.3. The molecule has 4 rings (SSSR count). The number of hydrogen-bond acceptors (Lipinski definition) is 4. The first-order valence-electron chi connectivity index (χ1n) is 11.6. The summed E-state index contributed by atoms with van der Waals surface area (Å²) in [7, 11) is -1.77. The first kappa shape index (κ1) is 24.1. The highest BCUT2D eigenvalue weighted by atomic mass is 32.2. The van der Waals surface area contributed by atoms with Crippen molar-refractivity contribution in [3.05, 3.63) is 95.3 Å². The number of hydrogen-bond donors (Lipinski definition) is 0. The Balaban J connectivity index is 1.50. The number of carbonyl (C=O) groups excluding carboxylic acids is 1. The molecule has 1 aliphatic rings. The molecule has 0 radical (unpaired) electrons. The van der Waals surface area contributed by atoms with Crippen molar-refractivity contribution in [1.82, 2.24) is 14.2 Å². The number of aromatic nitrogens is 1. The monoisotopic (exact) mass is 477 g/mol. The predicted octanol–water partition coefficient (Wildman–Crippen LogP) is 4.35. The summed E-state index contributed by atoms with van der Waals surface area (Å²) >= 11 is 0. The number of sulfonamides is 1. The second kappa shape index (κ2) is 10.1. The molecule has 7 heteroatoms.